The summed E-state index contributed by atoms with van der Waals surface area (Å²) in [7, 11) is -0.936. The number of halogens is 1. The van der Waals surface area contributed by atoms with Crippen LogP contribution in [0.2, 0.25) is 0 Å². The van der Waals surface area contributed by atoms with E-state index in [-0.39, 0.29) is 23.7 Å². The Morgan fingerprint density at radius 3 is 2.78 bits per heavy atom. The lowest BCUT2D eigenvalue weighted by atomic mass is 10.2. The van der Waals surface area contributed by atoms with Crippen LogP contribution in [-0.4, -0.2) is 55.7 Å². The summed E-state index contributed by atoms with van der Waals surface area (Å²) in [6.45, 7) is 7.41. The largest absolute Gasteiger partial charge is 0.495 e. The maximum Gasteiger partial charge on any atom is 0.247 e. The van der Waals surface area contributed by atoms with Crippen LogP contribution < -0.4 is 36.6 Å². The monoisotopic (exact) mass is 478 g/mol. The zero-order valence-corrected chi connectivity index (χ0v) is 19.8. The molecular formula is C21H28ClN6O3P. The Labute approximate surface area is 192 Å². The Morgan fingerprint density at radius 2 is 2.09 bits per heavy atom. The van der Waals surface area contributed by atoms with Crippen LogP contribution in [0.4, 0.5) is 17.1 Å². The Kier molecular flexibility index (Phi) is 7.79. The number of hydrogen-bond donors (Lipinski definition) is 5. The van der Waals surface area contributed by atoms with Gasteiger partial charge < -0.3 is 25.3 Å². The Balaban J connectivity index is 1.76. The molecule has 0 saturated carbocycles. The highest BCUT2D eigenvalue weighted by Crippen LogP contribution is 2.37. The van der Waals surface area contributed by atoms with E-state index in [1.54, 1.807) is 57.1 Å². The van der Waals surface area contributed by atoms with E-state index in [4.69, 9.17) is 16.3 Å². The van der Waals surface area contributed by atoms with E-state index in [0.717, 1.165) is 0 Å². The summed E-state index contributed by atoms with van der Waals surface area (Å²) in [4.78, 5) is 15.8. The molecule has 1 aliphatic heterocycles. The van der Waals surface area contributed by atoms with Crippen molar-refractivity contribution in [2.45, 2.75) is 17.8 Å². The lowest BCUT2D eigenvalue weighted by Gasteiger charge is -2.37. The maximum atomic E-state index is 12.7. The van der Waals surface area contributed by atoms with Crippen LogP contribution in [0.1, 0.15) is 0 Å². The molecule has 172 valence electrons. The molecule has 3 rings (SSSR count). The van der Waals surface area contributed by atoms with Crippen LogP contribution in [0.5, 0.6) is 5.75 Å². The van der Waals surface area contributed by atoms with Crippen molar-refractivity contribution in [3.05, 3.63) is 49.3 Å². The third-order valence-corrected chi connectivity index (χ3v) is 6.82. The van der Waals surface area contributed by atoms with Crippen molar-refractivity contribution in [1.29, 1.82) is 0 Å². The normalized spacial score (nSPS) is 20.8. The second-order valence-corrected chi connectivity index (χ2v) is 11.4. The average molecular weight is 479 g/mol. The minimum absolute atomic E-state index is 0.283. The van der Waals surface area contributed by atoms with Crippen molar-refractivity contribution >= 4 is 47.0 Å². The van der Waals surface area contributed by atoms with E-state index in [0.29, 0.717) is 34.7 Å². The van der Waals surface area contributed by atoms with E-state index in [1.165, 1.54) is 6.08 Å². The van der Waals surface area contributed by atoms with Crippen molar-refractivity contribution in [3.8, 4) is 5.75 Å². The summed E-state index contributed by atoms with van der Waals surface area (Å²) in [5, 5.41) is 16.5. The molecule has 32 heavy (non-hydrogen) atoms. The summed E-state index contributed by atoms with van der Waals surface area (Å²) in [6, 6.07) is 7.02. The van der Waals surface area contributed by atoms with Gasteiger partial charge in [-0.3, -0.25) is 20.4 Å². The molecule has 9 nitrogen and oxygen atoms in total. The van der Waals surface area contributed by atoms with Gasteiger partial charge in [0.2, 0.25) is 5.91 Å². The standard InChI is InChI=1S/C21H28ClN6O3P/c1-5-19(29)25-13-6-7-17(31-2)15(10-13)27-21-24-11-14(22)20(28-21)26-16-12-23-9-8-18(16)32(3,4)30/h5-10,12,14,20-21,24,26-28H,1,11H2,2-4H3,(H,25,29). The van der Waals surface area contributed by atoms with Gasteiger partial charge in [0.1, 0.15) is 19.2 Å². The molecule has 0 aliphatic carbocycles. The third kappa shape index (κ3) is 6.01. The molecule has 2 aromatic rings. The molecule has 1 aromatic heterocycles. The number of methoxy groups -OCH3 is 1. The molecular weight excluding hydrogens is 451 g/mol. The fraction of sp³-hybridized carbons (Fsp3) is 0.333. The second kappa shape index (κ2) is 10.4. The minimum Gasteiger partial charge on any atom is -0.495 e. The minimum atomic E-state index is -2.51. The van der Waals surface area contributed by atoms with E-state index in [1.807, 2.05) is 0 Å². The van der Waals surface area contributed by atoms with Gasteiger partial charge in [-0.15, -0.1) is 11.6 Å². The number of amides is 1. The van der Waals surface area contributed by atoms with Gasteiger partial charge in [-0.05, 0) is 43.7 Å². The van der Waals surface area contributed by atoms with E-state index < -0.39 is 7.14 Å². The number of benzene rings is 1. The van der Waals surface area contributed by atoms with Crippen molar-refractivity contribution in [2.24, 2.45) is 0 Å². The number of anilines is 3. The average Bonchev–Trinajstić information content (AvgIpc) is 2.76. The van der Waals surface area contributed by atoms with E-state index in [2.05, 4.69) is 38.1 Å². The molecule has 5 N–H and O–H groups in total. The third-order valence-electron chi connectivity index (χ3n) is 4.87. The first-order valence-corrected chi connectivity index (χ1v) is 13.0. The molecule has 2 heterocycles. The molecule has 0 spiro atoms. The fourth-order valence-electron chi connectivity index (χ4n) is 3.30. The van der Waals surface area contributed by atoms with E-state index in [9.17, 15) is 9.36 Å². The van der Waals surface area contributed by atoms with Crippen LogP contribution in [0.3, 0.4) is 0 Å². The number of rotatable bonds is 8. The zero-order valence-electron chi connectivity index (χ0n) is 18.2. The number of nitrogens with one attached hydrogen (secondary N) is 5. The van der Waals surface area contributed by atoms with Crippen LogP contribution >= 0.6 is 18.7 Å². The molecule has 1 aliphatic rings. The lowest BCUT2D eigenvalue weighted by Crippen LogP contribution is -2.64. The maximum absolute atomic E-state index is 12.7. The number of carbonyl (C=O) groups excluding carboxylic acids is 1. The predicted octanol–water partition coefficient (Wildman–Crippen LogP) is 2.40. The molecule has 11 heteroatoms. The van der Waals surface area contributed by atoms with Gasteiger partial charge in [0.15, 0.2) is 0 Å². The quantitative estimate of drug-likeness (QED) is 0.223. The number of aromatic nitrogens is 1. The summed E-state index contributed by atoms with van der Waals surface area (Å²) in [6.07, 6.45) is 3.79. The van der Waals surface area contributed by atoms with Crippen LogP contribution in [0, 0.1) is 0 Å². The summed E-state index contributed by atoms with van der Waals surface area (Å²) in [5.74, 6) is 0.302. The molecule has 0 bridgehead atoms. The van der Waals surface area contributed by atoms with Crippen LogP contribution in [0.15, 0.2) is 49.3 Å². The van der Waals surface area contributed by atoms with E-state index >= 15 is 0 Å². The van der Waals surface area contributed by atoms with Gasteiger partial charge >= 0.3 is 0 Å². The highest BCUT2D eigenvalue weighted by molar-refractivity contribution is 7.70. The van der Waals surface area contributed by atoms with Crippen LogP contribution in [0.25, 0.3) is 0 Å². The van der Waals surface area contributed by atoms with Gasteiger partial charge in [-0.25, -0.2) is 0 Å². The molecule has 3 atom stereocenters. The summed E-state index contributed by atoms with van der Waals surface area (Å²) >= 11 is 6.54. The highest BCUT2D eigenvalue weighted by atomic mass is 35.5. The zero-order chi connectivity index (χ0) is 23.3. The number of nitrogens with zero attached hydrogens (tertiary/aromatic N) is 1. The lowest BCUT2D eigenvalue weighted by molar-refractivity contribution is -0.111. The van der Waals surface area contributed by atoms with Crippen LogP contribution in [-0.2, 0) is 9.36 Å². The van der Waals surface area contributed by atoms with Crippen molar-refractivity contribution < 1.29 is 14.1 Å². The van der Waals surface area contributed by atoms with Crippen molar-refractivity contribution in [3.63, 3.8) is 0 Å². The first-order valence-electron chi connectivity index (χ1n) is 9.99. The fourth-order valence-corrected chi connectivity index (χ4v) is 4.65. The van der Waals surface area contributed by atoms with Gasteiger partial charge in [-0.1, -0.05) is 6.58 Å². The molecule has 1 fully saturated rings. The molecule has 0 radical (unpaired) electrons. The first-order chi connectivity index (χ1) is 15.2. The number of carbonyl (C=O) groups is 1. The number of ether oxygens (including phenoxy) is 1. The molecule has 3 unspecified atom stereocenters. The van der Waals surface area contributed by atoms with Gasteiger partial charge in [0.05, 0.1) is 36.2 Å². The Bertz CT molecular complexity index is 1030. The summed E-state index contributed by atoms with van der Waals surface area (Å²) in [5.41, 5.74) is 1.94. The van der Waals surface area contributed by atoms with Gasteiger partial charge in [0, 0.05) is 23.7 Å². The highest BCUT2D eigenvalue weighted by Gasteiger charge is 2.30. The van der Waals surface area contributed by atoms with Gasteiger partial charge in [-0.2, -0.15) is 0 Å². The SMILES string of the molecule is C=CC(=O)Nc1ccc(OC)c(NC2NCC(Cl)C(Nc3cnccc3P(C)(C)=O)N2)c1. The number of hydrogen-bond acceptors (Lipinski definition) is 8. The Morgan fingerprint density at radius 1 is 1.31 bits per heavy atom. The number of alkyl halides is 1. The first kappa shape index (κ1) is 24.1. The molecule has 1 amide bonds. The second-order valence-electron chi connectivity index (χ2n) is 7.64. The van der Waals surface area contributed by atoms with Crippen molar-refractivity contribution in [2.75, 3.05) is 42.9 Å². The summed E-state index contributed by atoms with van der Waals surface area (Å²) < 4.78 is 18.1. The predicted molar refractivity (Wildman–Crippen MR) is 131 cm³/mol. The number of pyridine rings is 1. The topological polar surface area (TPSA) is 116 Å². The smallest absolute Gasteiger partial charge is 0.247 e. The molecule has 1 saturated heterocycles. The Hall–Kier alpha value is -2.58. The molecule has 1 aromatic carbocycles. The van der Waals surface area contributed by atoms with Gasteiger partial charge in [0.25, 0.3) is 0 Å². The van der Waals surface area contributed by atoms with Crippen molar-refractivity contribution in [1.82, 2.24) is 15.6 Å².